The van der Waals surface area contributed by atoms with Gasteiger partial charge in [-0.25, -0.2) is 8.78 Å². The average Bonchev–Trinajstić information content (AvgIpc) is 2.69. The second-order valence-electron chi connectivity index (χ2n) is 5.53. The lowest BCUT2D eigenvalue weighted by Crippen LogP contribution is -2.15. The summed E-state index contributed by atoms with van der Waals surface area (Å²) in [5, 5.41) is 13.3. The van der Waals surface area contributed by atoms with Crippen molar-refractivity contribution < 1.29 is 18.4 Å². The van der Waals surface area contributed by atoms with Crippen molar-refractivity contribution >= 4 is 35.1 Å². The van der Waals surface area contributed by atoms with Crippen LogP contribution in [0.4, 0.5) is 20.3 Å². The van der Waals surface area contributed by atoms with E-state index in [1.807, 2.05) is 0 Å². The summed E-state index contributed by atoms with van der Waals surface area (Å²) in [6.07, 6.45) is 0. The highest BCUT2D eigenvalue weighted by atomic mass is 32.2. The topological polar surface area (TPSA) is 84.0 Å². The average molecular weight is 400 g/mol. The number of hydrogen-bond donors (Lipinski definition) is 2. The van der Waals surface area contributed by atoms with Crippen LogP contribution in [0.5, 0.6) is 0 Å². The molecule has 142 valence electrons. The fraction of sp³-hybridized carbons (Fsp3) is 0.0526. The van der Waals surface area contributed by atoms with Crippen LogP contribution in [0.2, 0.25) is 0 Å². The van der Waals surface area contributed by atoms with Crippen molar-refractivity contribution in [1.29, 1.82) is 0 Å². The fourth-order valence-electron chi connectivity index (χ4n) is 2.16. The predicted molar refractivity (Wildman–Crippen MR) is 102 cm³/mol. The molecule has 0 radical (unpaired) electrons. The van der Waals surface area contributed by atoms with Gasteiger partial charge in [0.05, 0.1) is 11.3 Å². The maximum absolute atomic E-state index is 13.6. The highest BCUT2D eigenvalue weighted by molar-refractivity contribution is 7.99. The molecule has 0 atom stereocenters. The number of anilines is 2. The summed E-state index contributed by atoms with van der Waals surface area (Å²) in [4.78, 5) is 23.9. The molecule has 0 spiro atoms. The van der Waals surface area contributed by atoms with E-state index in [1.165, 1.54) is 48.5 Å². The largest absolute Gasteiger partial charge is 0.325 e. The van der Waals surface area contributed by atoms with Crippen LogP contribution in [-0.4, -0.2) is 27.8 Å². The quantitative estimate of drug-likeness (QED) is 0.616. The van der Waals surface area contributed by atoms with Crippen molar-refractivity contribution in [3.8, 4) is 0 Å². The third-order valence-electron chi connectivity index (χ3n) is 3.48. The number of aromatic nitrogens is 2. The Bertz CT molecular complexity index is 982. The van der Waals surface area contributed by atoms with Crippen LogP contribution in [0.3, 0.4) is 0 Å². The summed E-state index contributed by atoms with van der Waals surface area (Å²) in [7, 11) is 0. The number of amides is 2. The van der Waals surface area contributed by atoms with E-state index in [0.717, 1.165) is 11.8 Å². The molecule has 0 saturated heterocycles. The Kier molecular flexibility index (Phi) is 6.28. The van der Waals surface area contributed by atoms with Crippen molar-refractivity contribution in [2.24, 2.45) is 0 Å². The van der Waals surface area contributed by atoms with Gasteiger partial charge in [0.2, 0.25) is 5.91 Å². The van der Waals surface area contributed by atoms with E-state index < -0.39 is 11.7 Å². The normalized spacial score (nSPS) is 10.4. The second-order valence-corrected chi connectivity index (χ2v) is 6.53. The molecule has 28 heavy (non-hydrogen) atoms. The van der Waals surface area contributed by atoms with Gasteiger partial charge in [0, 0.05) is 5.69 Å². The van der Waals surface area contributed by atoms with E-state index in [9.17, 15) is 18.4 Å². The predicted octanol–water partition coefficient (Wildman–Crippen LogP) is 3.74. The zero-order valence-electron chi connectivity index (χ0n) is 14.4. The van der Waals surface area contributed by atoms with Crippen LogP contribution in [-0.2, 0) is 4.79 Å². The molecule has 2 N–H and O–H groups in total. The molecule has 0 bridgehead atoms. The van der Waals surface area contributed by atoms with E-state index in [1.54, 1.807) is 12.1 Å². The third kappa shape index (κ3) is 5.34. The summed E-state index contributed by atoms with van der Waals surface area (Å²) in [5.41, 5.74) is 0.393. The lowest BCUT2D eigenvalue weighted by Gasteiger charge is -2.06. The number of halogens is 2. The minimum absolute atomic E-state index is 0.0764. The molecule has 3 aromatic rings. The van der Waals surface area contributed by atoms with Gasteiger partial charge in [0.1, 0.15) is 16.7 Å². The molecule has 0 aliphatic carbocycles. The Morgan fingerprint density at radius 1 is 0.893 bits per heavy atom. The highest BCUT2D eigenvalue weighted by Crippen LogP contribution is 2.17. The number of carbonyl (C=O) groups is 2. The number of thioether (sulfide) groups is 1. The SMILES string of the molecule is O=C(CSc1ccc(NC(=O)c2ccccc2F)nn1)Nc1ccc(F)cc1. The van der Waals surface area contributed by atoms with Crippen molar-refractivity contribution in [2.75, 3.05) is 16.4 Å². The van der Waals surface area contributed by atoms with Gasteiger partial charge in [-0.15, -0.1) is 10.2 Å². The van der Waals surface area contributed by atoms with Crippen LogP contribution in [0.1, 0.15) is 10.4 Å². The molecule has 0 aliphatic heterocycles. The molecule has 6 nitrogen and oxygen atoms in total. The van der Waals surface area contributed by atoms with E-state index in [0.29, 0.717) is 10.7 Å². The number of carbonyl (C=O) groups excluding carboxylic acids is 2. The molecule has 2 aromatic carbocycles. The molecular weight excluding hydrogens is 386 g/mol. The zero-order chi connectivity index (χ0) is 19.9. The molecule has 0 fully saturated rings. The molecule has 9 heteroatoms. The van der Waals surface area contributed by atoms with Gasteiger partial charge in [-0.1, -0.05) is 23.9 Å². The van der Waals surface area contributed by atoms with Gasteiger partial charge >= 0.3 is 0 Å². The molecule has 0 aliphatic rings. The monoisotopic (exact) mass is 400 g/mol. The Hall–Kier alpha value is -3.33. The summed E-state index contributed by atoms with van der Waals surface area (Å²) >= 11 is 1.14. The molecule has 0 unspecified atom stereocenters. The fourth-order valence-corrected chi connectivity index (χ4v) is 2.78. The third-order valence-corrected chi connectivity index (χ3v) is 4.40. The van der Waals surface area contributed by atoms with Gasteiger partial charge in [-0.3, -0.25) is 9.59 Å². The second kappa shape index (κ2) is 9.05. The smallest absolute Gasteiger partial charge is 0.259 e. The van der Waals surface area contributed by atoms with E-state index in [2.05, 4.69) is 20.8 Å². The molecule has 3 rings (SSSR count). The van der Waals surface area contributed by atoms with Gasteiger partial charge < -0.3 is 10.6 Å². The minimum Gasteiger partial charge on any atom is -0.325 e. The summed E-state index contributed by atoms with van der Waals surface area (Å²) in [6, 6.07) is 14.1. The van der Waals surface area contributed by atoms with Gasteiger partial charge in [-0.2, -0.15) is 0 Å². The van der Waals surface area contributed by atoms with Crippen molar-refractivity contribution in [3.05, 3.63) is 77.9 Å². The Balaban J connectivity index is 1.51. The van der Waals surface area contributed by atoms with Crippen molar-refractivity contribution in [1.82, 2.24) is 10.2 Å². The first-order valence-electron chi connectivity index (χ1n) is 8.09. The Morgan fingerprint density at radius 3 is 2.32 bits per heavy atom. The first-order valence-corrected chi connectivity index (χ1v) is 9.07. The molecule has 0 saturated carbocycles. The molecule has 1 aromatic heterocycles. The molecule has 1 heterocycles. The lowest BCUT2D eigenvalue weighted by atomic mass is 10.2. The number of rotatable bonds is 6. The number of nitrogens with zero attached hydrogens (tertiary/aromatic N) is 2. The van der Waals surface area contributed by atoms with Gasteiger partial charge in [0.25, 0.3) is 5.91 Å². The van der Waals surface area contributed by atoms with Crippen LogP contribution in [0.15, 0.2) is 65.7 Å². The van der Waals surface area contributed by atoms with Crippen LogP contribution in [0, 0.1) is 11.6 Å². The van der Waals surface area contributed by atoms with Gasteiger partial charge in [0.15, 0.2) is 5.82 Å². The number of nitrogens with one attached hydrogen (secondary N) is 2. The Labute approximate surface area is 163 Å². The molecule has 2 amide bonds. The maximum Gasteiger partial charge on any atom is 0.259 e. The van der Waals surface area contributed by atoms with Crippen LogP contribution >= 0.6 is 11.8 Å². The summed E-state index contributed by atoms with van der Waals surface area (Å²) < 4.78 is 26.4. The molecular formula is C19H14F2N4O2S. The number of hydrogen-bond acceptors (Lipinski definition) is 5. The highest BCUT2D eigenvalue weighted by Gasteiger charge is 2.12. The van der Waals surface area contributed by atoms with Gasteiger partial charge in [-0.05, 0) is 48.5 Å². The first kappa shape index (κ1) is 19.4. The standard InChI is InChI=1S/C19H14F2N4O2S/c20-12-5-7-13(8-6-12)22-17(26)11-28-18-10-9-16(24-25-18)23-19(27)14-3-1-2-4-15(14)21/h1-10H,11H2,(H,22,26)(H,23,24,27). The maximum atomic E-state index is 13.6. The van der Waals surface area contributed by atoms with Crippen LogP contribution < -0.4 is 10.6 Å². The minimum atomic E-state index is -0.633. The first-order chi connectivity index (χ1) is 13.5. The van der Waals surface area contributed by atoms with E-state index >= 15 is 0 Å². The number of benzene rings is 2. The lowest BCUT2D eigenvalue weighted by molar-refractivity contribution is -0.113. The zero-order valence-corrected chi connectivity index (χ0v) is 15.2. The van der Waals surface area contributed by atoms with E-state index in [-0.39, 0.29) is 28.9 Å². The summed E-state index contributed by atoms with van der Waals surface area (Å²) in [5.74, 6) is -1.69. The van der Waals surface area contributed by atoms with Crippen molar-refractivity contribution in [2.45, 2.75) is 5.03 Å². The van der Waals surface area contributed by atoms with Crippen LogP contribution in [0.25, 0.3) is 0 Å². The summed E-state index contributed by atoms with van der Waals surface area (Å²) in [6.45, 7) is 0. The van der Waals surface area contributed by atoms with Crippen molar-refractivity contribution in [3.63, 3.8) is 0 Å². The Morgan fingerprint density at radius 2 is 1.64 bits per heavy atom. The van der Waals surface area contributed by atoms with E-state index in [4.69, 9.17) is 0 Å².